The molecule has 0 aliphatic rings. The van der Waals surface area contributed by atoms with Crippen molar-refractivity contribution in [2.75, 3.05) is 19.1 Å². The fraction of sp³-hybridized carbons (Fsp3) is 0.235. The highest BCUT2D eigenvalue weighted by Gasteiger charge is 2.10. The van der Waals surface area contributed by atoms with Crippen LogP contribution in [-0.4, -0.2) is 19.9 Å². The summed E-state index contributed by atoms with van der Waals surface area (Å²) in [7, 11) is 1.62. The number of halogens is 1. The summed E-state index contributed by atoms with van der Waals surface area (Å²) in [5, 5.41) is 4.24. The largest absolute Gasteiger partial charge is 0.493 e. The second-order valence-electron chi connectivity index (χ2n) is 4.70. The van der Waals surface area contributed by atoms with Gasteiger partial charge in [0.05, 0.1) is 30.1 Å². The predicted molar refractivity (Wildman–Crippen MR) is 94.3 cm³/mol. The Hall–Kier alpha value is -2.01. The SMILES string of the molecule is CCOc1c(Br)cc(/C=N/Nc2ccc(C)cc2)cc1OC. The molecule has 22 heavy (non-hydrogen) atoms. The third-order valence-electron chi connectivity index (χ3n) is 3.00. The second-order valence-corrected chi connectivity index (χ2v) is 5.56. The maximum absolute atomic E-state index is 5.57. The van der Waals surface area contributed by atoms with Gasteiger partial charge in [0.25, 0.3) is 0 Å². The van der Waals surface area contributed by atoms with Crippen LogP contribution in [0.15, 0.2) is 46.0 Å². The zero-order chi connectivity index (χ0) is 15.9. The van der Waals surface area contributed by atoms with E-state index in [0.717, 1.165) is 15.7 Å². The van der Waals surface area contributed by atoms with E-state index in [4.69, 9.17) is 9.47 Å². The van der Waals surface area contributed by atoms with Crippen LogP contribution in [0.5, 0.6) is 11.5 Å². The van der Waals surface area contributed by atoms with Gasteiger partial charge >= 0.3 is 0 Å². The lowest BCUT2D eigenvalue weighted by molar-refractivity contribution is 0.309. The average molecular weight is 363 g/mol. The van der Waals surface area contributed by atoms with Crippen molar-refractivity contribution in [1.82, 2.24) is 0 Å². The van der Waals surface area contributed by atoms with Crippen molar-refractivity contribution < 1.29 is 9.47 Å². The van der Waals surface area contributed by atoms with Crippen LogP contribution < -0.4 is 14.9 Å². The van der Waals surface area contributed by atoms with Crippen LogP contribution >= 0.6 is 15.9 Å². The van der Waals surface area contributed by atoms with Gasteiger partial charge in [-0.25, -0.2) is 0 Å². The van der Waals surface area contributed by atoms with Gasteiger partial charge in [-0.1, -0.05) is 17.7 Å². The van der Waals surface area contributed by atoms with E-state index in [-0.39, 0.29) is 0 Å². The maximum atomic E-state index is 5.57. The van der Waals surface area contributed by atoms with Gasteiger partial charge in [-0.15, -0.1) is 0 Å². The summed E-state index contributed by atoms with van der Waals surface area (Å²) in [4.78, 5) is 0. The zero-order valence-electron chi connectivity index (χ0n) is 12.9. The zero-order valence-corrected chi connectivity index (χ0v) is 14.5. The first-order valence-electron chi connectivity index (χ1n) is 7.00. The molecule has 0 heterocycles. The fourth-order valence-corrected chi connectivity index (χ4v) is 2.48. The number of aryl methyl sites for hydroxylation is 1. The summed E-state index contributed by atoms with van der Waals surface area (Å²) < 4.78 is 11.8. The molecule has 2 aromatic rings. The van der Waals surface area contributed by atoms with Gasteiger partial charge in [0, 0.05) is 0 Å². The molecule has 0 saturated heterocycles. The first-order valence-corrected chi connectivity index (χ1v) is 7.79. The Morgan fingerprint density at radius 2 is 1.95 bits per heavy atom. The van der Waals surface area contributed by atoms with Crippen molar-refractivity contribution in [3.8, 4) is 11.5 Å². The molecule has 2 aromatic carbocycles. The Labute approximate surface area is 139 Å². The highest BCUT2D eigenvalue weighted by atomic mass is 79.9. The van der Waals surface area contributed by atoms with Crippen LogP contribution in [0.4, 0.5) is 5.69 Å². The summed E-state index contributed by atoms with van der Waals surface area (Å²) >= 11 is 3.50. The van der Waals surface area contributed by atoms with Crippen LogP contribution in [0.1, 0.15) is 18.1 Å². The van der Waals surface area contributed by atoms with Crippen molar-refractivity contribution in [2.24, 2.45) is 5.10 Å². The highest BCUT2D eigenvalue weighted by Crippen LogP contribution is 2.36. The molecule has 0 atom stereocenters. The standard InChI is InChI=1S/C17H19BrN2O2/c1-4-22-17-15(18)9-13(10-16(17)21-3)11-19-20-14-7-5-12(2)6-8-14/h5-11,20H,4H2,1-3H3/b19-11+. The number of rotatable bonds is 6. The van der Waals surface area contributed by atoms with Crippen molar-refractivity contribution in [3.63, 3.8) is 0 Å². The molecule has 0 saturated carbocycles. The summed E-state index contributed by atoms with van der Waals surface area (Å²) in [6.45, 7) is 4.57. The second kappa shape index (κ2) is 7.84. The first-order chi connectivity index (χ1) is 10.6. The number of hydrogen-bond acceptors (Lipinski definition) is 4. The normalized spacial score (nSPS) is 10.7. The topological polar surface area (TPSA) is 42.8 Å². The lowest BCUT2D eigenvalue weighted by Gasteiger charge is -2.12. The average Bonchev–Trinajstić information content (AvgIpc) is 2.51. The fourth-order valence-electron chi connectivity index (χ4n) is 1.91. The molecule has 5 heteroatoms. The van der Waals surface area contributed by atoms with Gasteiger partial charge in [0.15, 0.2) is 11.5 Å². The molecule has 0 amide bonds. The molecule has 4 nitrogen and oxygen atoms in total. The van der Waals surface area contributed by atoms with E-state index in [9.17, 15) is 0 Å². The van der Waals surface area contributed by atoms with Gasteiger partial charge in [-0.2, -0.15) is 5.10 Å². The number of ether oxygens (including phenoxy) is 2. The van der Waals surface area contributed by atoms with E-state index in [1.165, 1.54) is 5.56 Å². The van der Waals surface area contributed by atoms with Crippen molar-refractivity contribution in [3.05, 3.63) is 52.0 Å². The lowest BCUT2D eigenvalue weighted by atomic mass is 10.2. The minimum Gasteiger partial charge on any atom is -0.493 e. The molecule has 0 fully saturated rings. The third-order valence-corrected chi connectivity index (χ3v) is 3.59. The van der Waals surface area contributed by atoms with Crippen LogP contribution in [0.3, 0.4) is 0 Å². The Kier molecular flexibility index (Phi) is 5.83. The van der Waals surface area contributed by atoms with Gasteiger partial charge in [0.2, 0.25) is 0 Å². The number of anilines is 1. The summed E-state index contributed by atoms with van der Waals surface area (Å²) in [6.07, 6.45) is 1.74. The van der Waals surface area contributed by atoms with E-state index in [1.807, 2.05) is 43.3 Å². The molecule has 0 unspecified atom stereocenters. The monoisotopic (exact) mass is 362 g/mol. The van der Waals surface area contributed by atoms with E-state index >= 15 is 0 Å². The Balaban J connectivity index is 2.13. The summed E-state index contributed by atoms with van der Waals surface area (Å²) in [6, 6.07) is 11.9. The highest BCUT2D eigenvalue weighted by molar-refractivity contribution is 9.10. The molecule has 0 spiro atoms. The van der Waals surface area contributed by atoms with E-state index in [2.05, 4.69) is 33.4 Å². The Bertz CT molecular complexity index is 654. The summed E-state index contributed by atoms with van der Waals surface area (Å²) in [5.41, 5.74) is 6.07. The van der Waals surface area contributed by atoms with Gasteiger partial charge in [0.1, 0.15) is 0 Å². The molecule has 116 valence electrons. The molecule has 0 aliphatic heterocycles. The Morgan fingerprint density at radius 3 is 2.59 bits per heavy atom. The molecule has 0 bridgehead atoms. The van der Waals surface area contributed by atoms with E-state index in [0.29, 0.717) is 18.1 Å². The molecular formula is C17H19BrN2O2. The molecule has 0 aromatic heterocycles. The van der Waals surface area contributed by atoms with E-state index < -0.39 is 0 Å². The quantitative estimate of drug-likeness (QED) is 0.602. The summed E-state index contributed by atoms with van der Waals surface area (Å²) in [5.74, 6) is 1.38. The van der Waals surface area contributed by atoms with Crippen LogP contribution in [0, 0.1) is 6.92 Å². The van der Waals surface area contributed by atoms with E-state index in [1.54, 1.807) is 13.3 Å². The molecule has 1 N–H and O–H groups in total. The molecule has 0 radical (unpaired) electrons. The van der Waals surface area contributed by atoms with Gasteiger partial charge in [-0.05, 0) is 59.6 Å². The number of hydrogen-bond donors (Lipinski definition) is 1. The third kappa shape index (κ3) is 4.24. The predicted octanol–water partition coefficient (Wildman–Crippen LogP) is 4.61. The minimum absolute atomic E-state index is 0.581. The number of methoxy groups -OCH3 is 1. The van der Waals surface area contributed by atoms with Gasteiger partial charge < -0.3 is 9.47 Å². The van der Waals surface area contributed by atoms with Crippen molar-refractivity contribution in [2.45, 2.75) is 13.8 Å². The van der Waals surface area contributed by atoms with Crippen molar-refractivity contribution in [1.29, 1.82) is 0 Å². The van der Waals surface area contributed by atoms with Crippen LogP contribution in [-0.2, 0) is 0 Å². The minimum atomic E-state index is 0.581. The molecule has 0 aliphatic carbocycles. The first kappa shape index (κ1) is 16.4. The molecule has 2 rings (SSSR count). The number of nitrogens with one attached hydrogen (secondary N) is 1. The number of nitrogens with zero attached hydrogens (tertiary/aromatic N) is 1. The maximum Gasteiger partial charge on any atom is 0.175 e. The number of hydrazone groups is 1. The Morgan fingerprint density at radius 1 is 1.23 bits per heavy atom. The number of benzene rings is 2. The van der Waals surface area contributed by atoms with Crippen LogP contribution in [0.2, 0.25) is 0 Å². The van der Waals surface area contributed by atoms with Crippen LogP contribution in [0.25, 0.3) is 0 Å². The lowest BCUT2D eigenvalue weighted by Crippen LogP contribution is -1.98. The van der Waals surface area contributed by atoms with Gasteiger partial charge in [-0.3, -0.25) is 5.43 Å². The molecular weight excluding hydrogens is 344 g/mol. The van der Waals surface area contributed by atoms with Crippen molar-refractivity contribution >= 4 is 27.8 Å². The smallest absolute Gasteiger partial charge is 0.175 e.